The number of likely N-dealkylation sites (tertiary alicyclic amines) is 2. The first-order valence-electron chi connectivity index (χ1n) is 17.7. The molecule has 2 aliphatic heterocycles. The van der Waals surface area contributed by atoms with Gasteiger partial charge < -0.3 is 14.9 Å². The van der Waals surface area contributed by atoms with Crippen LogP contribution in [0.4, 0.5) is 4.39 Å². The molecule has 6 aromatic rings. The fraction of sp³-hybridized carbons (Fsp3) is 0.325. The van der Waals surface area contributed by atoms with Gasteiger partial charge in [-0.2, -0.15) is 0 Å². The Morgan fingerprint density at radius 2 is 1.87 bits per heavy atom. The number of rotatable bonds is 7. The zero-order valence-corrected chi connectivity index (χ0v) is 29.6. The summed E-state index contributed by atoms with van der Waals surface area (Å²) in [5.74, 6) is -1.08. The monoisotopic (exact) mass is 701 g/mol. The predicted octanol–water partition coefficient (Wildman–Crippen LogP) is 5.66. The number of phenolic OH excluding ortho intramolecular Hbond substituents is 1. The number of aryl methyl sites for hydroxylation is 1. The first-order valence-corrected chi connectivity index (χ1v) is 17.7. The average Bonchev–Trinajstić information content (AvgIpc) is 3.63. The van der Waals surface area contributed by atoms with Crippen LogP contribution in [0.1, 0.15) is 49.9 Å². The molecule has 4 aromatic heterocycles. The molecule has 0 radical (unpaired) electrons. The van der Waals surface area contributed by atoms with Crippen molar-refractivity contribution < 1.29 is 14.3 Å². The van der Waals surface area contributed by atoms with Crippen molar-refractivity contribution in [1.29, 1.82) is 0 Å². The molecule has 52 heavy (non-hydrogen) atoms. The minimum absolute atomic E-state index is 0.0168. The molecule has 2 aromatic carbocycles. The Hall–Kier alpha value is -5.62. The van der Waals surface area contributed by atoms with Gasteiger partial charge in [-0.05, 0) is 86.0 Å². The number of nitrogens with zero attached hydrogens (tertiary/aromatic N) is 7. The second-order valence-electron chi connectivity index (χ2n) is 14.4. The fourth-order valence-electron chi connectivity index (χ4n) is 8.09. The SMILES string of the molecule is C=CC(=O)N1CC(n2c(=O)n(CC3CCCN3C)c3c(=O)n(-c4c(C)ccnc4C(C)C)c4nc(-c5cc(O)cc6ccccc56)c(F)cc4c32)C1. The van der Waals surface area contributed by atoms with E-state index in [0.29, 0.717) is 27.7 Å². The van der Waals surface area contributed by atoms with Gasteiger partial charge in [-0.15, -0.1) is 0 Å². The van der Waals surface area contributed by atoms with Gasteiger partial charge in [0.25, 0.3) is 5.56 Å². The van der Waals surface area contributed by atoms with E-state index in [4.69, 9.17) is 9.97 Å². The van der Waals surface area contributed by atoms with Gasteiger partial charge >= 0.3 is 5.69 Å². The van der Waals surface area contributed by atoms with Crippen molar-refractivity contribution in [1.82, 2.24) is 33.5 Å². The minimum atomic E-state index is -0.680. The standard InChI is InChI=1S/C40H40FN7O4/c1-6-32(50)45-19-26(20-45)47-36-30-18-31(41)34(29-17-27(49)16-24-10-7-8-12-28(24)29)43-38(30)48(35-23(4)13-14-42-33(35)22(2)3)39(51)37(36)46(40(47)52)21-25-11-9-15-44(25)5/h6-8,10,12-14,16-18,22,25-26,49H,1,9,11,15,19-21H2,2-5H3. The van der Waals surface area contributed by atoms with Crippen LogP contribution in [-0.2, 0) is 11.3 Å². The lowest BCUT2D eigenvalue weighted by Crippen LogP contribution is -2.52. The number of aromatic nitrogens is 5. The van der Waals surface area contributed by atoms with E-state index in [0.717, 1.165) is 24.9 Å². The van der Waals surface area contributed by atoms with Crippen LogP contribution in [0.15, 0.2) is 77.0 Å². The van der Waals surface area contributed by atoms with Gasteiger partial charge in [0, 0.05) is 42.8 Å². The highest BCUT2D eigenvalue weighted by atomic mass is 19.1. The number of carbonyl (C=O) groups is 1. The molecule has 0 aliphatic carbocycles. The number of phenols is 1. The van der Waals surface area contributed by atoms with Crippen LogP contribution >= 0.6 is 0 Å². The highest BCUT2D eigenvalue weighted by Crippen LogP contribution is 2.37. The average molecular weight is 702 g/mol. The predicted molar refractivity (Wildman–Crippen MR) is 200 cm³/mol. The van der Waals surface area contributed by atoms with Crippen LogP contribution in [0, 0.1) is 12.7 Å². The molecule has 2 saturated heterocycles. The molecule has 0 spiro atoms. The summed E-state index contributed by atoms with van der Waals surface area (Å²) in [5, 5.41) is 12.4. The summed E-state index contributed by atoms with van der Waals surface area (Å²) < 4.78 is 21.4. The summed E-state index contributed by atoms with van der Waals surface area (Å²) in [6.45, 7) is 11.1. The molecule has 1 atom stereocenters. The van der Waals surface area contributed by atoms with Gasteiger partial charge in [0.2, 0.25) is 5.91 Å². The number of fused-ring (bicyclic) bond motifs is 4. The van der Waals surface area contributed by atoms with Crippen molar-refractivity contribution in [2.24, 2.45) is 0 Å². The van der Waals surface area contributed by atoms with Gasteiger partial charge in [-0.1, -0.05) is 44.7 Å². The number of pyridine rings is 3. The summed E-state index contributed by atoms with van der Waals surface area (Å²) in [5.41, 5.74) is 1.98. The summed E-state index contributed by atoms with van der Waals surface area (Å²) in [6.07, 6.45) is 4.77. The number of halogens is 1. The topological polar surface area (TPSA) is 118 Å². The lowest BCUT2D eigenvalue weighted by molar-refractivity contribution is -0.131. The summed E-state index contributed by atoms with van der Waals surface area (Å²) in [6, 6.07) is 13.1. The van der Waals surface area contributed by atoms with E-state index in [-0.39, 0.29) is 71.0 Å². The highest BCUT2D eigenvalue weighted by molar-refractivity contribution is 6.04. The van der Waals surface area contributed by atoms with E-state index in [1.54, 1.807) is 26.3 Å². The second kappa shape index (κ2) is 12.6. The molecule has 266 valence electrons. The van der Waals surface area contributed by atoms with Gasteiger partial charge in [-0.3, -0.25) is 28.3 Å². The third kappa shape index (κ3) is 5.15. The van der Waals surface area contributed by atoms with Crippen LogP contribution in [-0.4, -0.2) is 77.2 Å². The fourth-order valence-corrected chi connectivity index (χ4v) is 8.09. The van der Waals surface area contributed by atoms with E-state index >= 15 is 9.18 Å². The highest BCUT2D eigenvalue weighted by Gasteiger charge is 2.37. The molecular formula is C40H40FN7O4. The van der Waals surface area contributed by atoms with Gasteiger partial charge in [-0.25, -0.2) is 14.2 Å². The lowest BCUT2D eigenvalue weighted by atomic mass is 10.00. The molecule has 12 heteroatoms. The van der Waals surface area contributed by atoms with Crippen LogP contribution < -0.4 is 11.2 Å². The molecule has 0 saturated carbocycles. The van der Waals surface area contributed by atoms with Crippen molar-refractivity contribution in [2.45, 2.75) is 58.2 Å². The van der Waals surface area contributed by atoms with E-state index in [9.17, 15) is 14.7 Å². The maximum Gasteiger partial charge on any atom is 0.329 e. The number of amides is 1. The lowest BCUT2D eigenvalue weighted by Gasteiger charge is -2.39. The van der Waals surface area contributed by atoms with Gasteiger partial charge in [0.05, 0.1) is 22.9 Å². The molecule has 1 unspecified atom stereocenters. The zero-order valence-electron chi connectivity index (χ0n) is 29.6. The Morgan fingerprint density at radius 3 is 2.58 bits per heavy atom. The number of likely N-dealkylation sites (N-methyl/N-ethyl adjacent to an activating group) is 1. The second-order valence-corrected chi connectivity index (χ2v) is 14.4. The summed E-state index contributed by atoms with van der Waals surface area (Å²) in [7, 11) is 2.01. The molecule has 0 bridgehead atoms. The van der Waals surface area contributed by atoms with Gasteiger partial charge in [0.1, 0.15) is 22.8 Å². The van der Waals surface area contributed by atoms with Crippen molar-refractivity contribution in [3.05, 3.63) is 105 Å². The largest absolute Gasteiger partial charge is 0.508 e. The van der Waals surface area contributed by atoms with E-state index < -0.39 is 23.1 Å². The first-order chi connectivity index (χ1) is 25.0. The van der Waals surface area contributed by atoms with E-state index in [1.807, 2.05) is 58.2 Å². The maximum absolute atomic E-state index is 16.8. The first kappa shape index (κ1) is 33.5. The smallest absolute Gasteiger partial charge is 0.329 e. The molecule has 6 heterocycles. The summed E-state index contributed by atoms with van der Waals surface area (Å²) in [4.78, 5) is 56.0. The molecule has 1 amide bonds. The maximum atomic E-state index is 16.8. The number of carbonyl (C=O) groups excluding carboxylic acids is 1. The van der Waals surface area contributed by atoms with Crippen molar-refractivity contribution in [3.63, 3.8) is 0 Å². The Balaban J connectivity index is 1.52. The van der Waals surface area contributed by atoms with Crippen LogP contribution in [0.3, 0.4) is 0 Å². The molecule has 2 fully saturated rings. The minimum Gasteiger partial charge on any atom is -0.508 e. The number of hydrogen-bond acceptors (Lipinski definition) is 7. The molecule has 8 rings (SSSR count). The molecule has 1 N–H and O–H groups in total. The number of benzene rings is 2. The van der Waals surface area contributed by atoms with Crippen LogP contribution in [0.2, 0.25) is 0 Å². The molecular weight excluding hydrogens is 661 g/mol. The quantitative estimate of drug-likeness (QED) is 0.214. The third-order valence-corrected chi connectivity index (χ3v) is 10.8. The Labute approximate surface area is 298 Å². The molecule has 2 aliphatic rings. The van der Waals surface area contributed by atoms with Crippen molar-refractivity contribution in [2.75, 3.05) is 26.7 Å². The number of aromatic hydroxyl groups is 1. The zero-order chi connectivity index (χ0) is 36.6. The van der Waals surface area contributed by atoms with E-state index in [1.165, 1.54) is 22.8 Å². The normalized spacial score (nSPS) is 16.8. The number of imidazole rings is 1. The number of hydrogen-bond donors (Lipinski definition) is 1. The van der Waals surface area contributed by atoms with Crippen LogP contribution in [0.25, 0.3) is 49.8 Å². The summed E-state index contributed by atoms with van der Waals surface area (Å²) >= 11 is 0. The van der Waals surface area contributed by atoms with E-state index in [2.05, 4.69) is 11.5 Å². The third-order valence-electron chi connectivity index (χ3n) is 10.8. The Kier molecular flexibility index (Phi) is 8.09. The van der Waals surface area contributed by atoms with Crippen molar-refractivity contribution >= 4 is 38.7 Å². The van der Waals surface area contributed by atoms with Crippen molar-refractivity contribution in [3.8, 4) is 22.7 Å². The van der Waals surface area contributed by atoms with Crippen LogP contribution in [0.5, 0.6) is 5.75 Å². The molecule has 11 nitrogen and oxygen atoms in total. The van der Waals surface area contributed by atoms with Gasteiger partial charge in [0.15, 0.2) is 5.65 Å². The Morgan fingerprint density at radius 1 is 1.10 bits per heavy atom. The Bertz CT molecular complexity index is 2580.